The van der Waals surface area contributed by atoms with Gasteiger partial charge in [0.25, 0.3) is 0 Å². The number of hydrogen-bond donors (Lipinski definition) is 2. The smallest absolute Gasteiger partial charge is 0.145 e. The van der Waals surface area contributed by atoms with Gasteiger partial charge in [0.15, 0.2) is 0 Å². The molecule has 0 saturated heterocycles. The number of hydrazine groups is 1. The summed E-state index contributed by atoms with van der Waals surface area (Å²) in [6.07, 6.45) is 0. The van der Waals surface area contributed by atoms with E-state index in [9.17, 15) is 0 Å². The summed E-state index contributed by atoms with van der Waals surface area (Å²) in [4.78, 5) is 8.58. The molecular weight excluding hydrogens is 347 g/mol. The fourth-order valence-corrected chi connectivity index (χ4v) is 3.11. The number of aryl methyl sites for hydroxylation is 2. The molecule has 0 aliphatic rings. The number of hydrogen-bond acceptors (Lipinski definition) is 5. The summed E-state index contributed by atoms with van der Waals surface area (Å²) in [6.45, 7) is 6.26. The van der Waals surface area contributed by atoms with Crippen LogP contribution in [-0.4, -0.2) is 19.7 Å². The Morgan fingerprint density at radius 2 is 1.71 bits per heavy atom. The van der Waals surface area contributed by atoms with Gasteiger partial charge in [-0.2, -0.15) is 5.10 Å². The van der Waals surface area contributed by atoms with Crippen molar-refractivity contribution < 1.29 is 0 Å². The number of nitrogens with one attached hydrogen (secondary N) is 2. The highest BCUT2D eigenvalue weighted by Crippen LogP contribution is 2.28. The van der Waals surface area contributed by atoms with Crippen LogP contribution < -0.4 is 10.9 Å². The van der Waals surface area contributed by atoms with Crippen molar-refractivity contribution in [3.05, 3.63) is 39.8 Å². The van der Waals surface area contributed by atoms with Crippen molar-refractivity contribution in [2.24, 2.45) is 7.05 Å². The van der Waals surface area contributed by atoms with Crippen LogP contribution in [0.4, 0.5) is 11.5 Å². The summed E-state index contributed by atoms with van der Waals surface area (Å²) in [6, 6.07) is 5.38. The second kappa shape index (κ2) is 6.45. The normalized spacial score (nSPS) is 11.3. The molecule has 126 valence electrons. The zero-order chi connectivity index (χ0) is 17.4. The average Bonchev–Trinajstić information content (AvgIpc) is 2.78. The lowest BCUT2D eigenvalue weighted by Gasteiger charge is -2.14. The first-order valence-corrected chi connectivity index (χ1v) is 8.30. The van der Waals surface area contributed by atoms with E-state index in [0.29, 0.717) is 27.7 Å². The molecule has 3 heterocycles. The molecule has 24 heavy (non-hydrogen) atoms. The molecule has 0 bridgehead atoms. The summed E-state index contributed by atoms with van der Waals surface area (Å²) < 4.78 is 1.88. The molecule has 6 nitrogen and oxygen atoms in total. The monoisotopic (exact) mass is 364 g/mol. The molecule has 3 aromatic heterocycles. The minimum atomic E-state index is 0.321. The molecule has 3 aromatic rings. The maximum Gasteiger partial charge on any atom is 0.145 e. The number of rotatable bonds is 4. The van der Waals surface area contributed by atoms with E-state index in [1.165, 1.54) is 5.56 Å². The van der Waals surface area contributed by atoms with Crippen molar-refractivity contribution in [1.29, 1.82) is 0 Å². The standard InChI is InChI=1S/C16H18Cl2N6/c1-8(2)11-7-14(20-15-9(3)23-24(4)16(11)15)22-21-10-5-12(17)19-13(18)6-10/h5-8H,1-4H3,(H,19,21)(H,20,22). The quantitative estimate of drug-likeness (QED) is 0.525. The second-order valence-corrected chi connectivity index (χ2v) is 6.68. The van der Waals surface area contributed by atoms with Crippen molar-refractivity contribution in [1.82, 2.24) is 19.7 Å². The van der Waals surface area contributed by atoms with E-state index in [1.807, 2.05) is 24.7 Å². The van der Waals surface area contributed by atoms with Crippen molar-refractivity contribution in [2.45, 2.75) is 26.7 Å². The van der Waals surface area contributed by atoms with Gasteiger partial charge in [0.1, 0.15) is 21.6 Å². The van der Waals surface area contributed by atoms with Crippen LogP contribution in [0.1, 0.15) is 31.0 Å². The third-order valence-corrected chi connectivity index (χ3v) is 4.10. The molecule has 0 radical (unpaired) electrons. The summed E-state index contributed by atoms with van der Waals surface area (Å²) >= 11 is 11.8. The van der Waals surface area contributed by atoms with Crippen LogP contribution in [-0.2, 0) is 7.05 Å². The maximum atomic E-state index is 5.91. The van der Waals surface area contributed by atoms with E-state index < -0.39 is 0 Å². The van der Waals surface area contributed by atoms with Crippen LogP contribution in [0.25, 0.3) is 11.0 Å². The van der Waals surface area contributed by atoms with Gasteiger partial charge < -0.3 is 0 Å². The zero-order valence-electron chi connectivity index (χ0n) is 13.9. The topological polar surface area (TPSA) is 67.7 Å². The van der Waals surface area contributed by atoms with Crippen LogP contribution in [0.5, 0.6) is 0 Å². The van der Waals surface area contributed by atoms with Gasteiger partial charge in [-0.25, -0.2) is 9.97 Å². The molecule has 0 unspecified atom stereocenters. The molecule has 0 atom stereocenters. The van der Waals surface area contributed by atoms with Gasteiger partial charge >= 0.3 is 0 Å². The van der Waals surface area contributed by atoms with Gasteiger partial charge in [0.2, 0.25) is 0 Å². The maximum absolute atomic E-state index is 5.91. The number of nitrogens with zero attached hydrogens (tertiary/aromatic N) is 4. The predicted octanol–water partition coefficient (Wildman–Crippen LogP) is 4.54. The van der Waals surface area contributed by atoms with Gasteiger partial charge in [0.05, 0.1) is 16.9 Å². The average molecular weight is 365 g/mol. The van der Waals surface area contributed by atoms with Crippen LogP contribution >= 0.6 is 23.2 Å². The summed E-state index contributed by atoms with van der Waals surface area (Å²) in [7, 11) is 1.94. The highest BCUT2D eigenvalue weighted by Gasteiger charge is 2.15. The van der Waals surface area contributed by atoms with E-state index in [0.717, 1.165) is 16.7 Å². The molecule has 0 spiro atoms. The van der Waals surface area contributed by atoms with Crippen LogP contribution in [0.2, 0.25) is 10.3 Å². The first kappa shape index (κ1) is 16.8. The number of anilines is 2. The Bertz CT molecular complexity index is 883. The molecule has 0 aliphatic carbocycles. The molecule has 0 aromatic carbocycles. The first-order valence-electron chi connectivity index (χ1n) is 7.54. The van der Waals surface area contributed by atoms with E-state index in [4.69, 9.17) is 23.2 Å². The highest BCUT2D eigenvalue weighted by molar-refractivity contribution is 6.32. The van der Waals surface area contributed by atoms with Gasteiger partial charge in [-0.15, -0.1) is 0 Å². The van der Waals surface area contributed by atoms with E-state index >= 15 is 0 Å². The Morgan fingerprint density at radius 3 is 2.33 bits per heavy atom. The molecule has 3 rings (SSSR count). The molecule has 0 amide bonds. The Balaban J connectivity index is 1.96. The van der Waals surface area contributed by atoms with Crippen molar-refractivity contribution in [2.75, 3.05) is 10.9 Å². The Kier molecular flexibility index (Phi) is 4.51. The summed E-state index contributed by atoms with van der Waals surface area (Å²) in [5.74, 6) is 1.04. The second-order valence-electron chi connectivity index (χ2n) is 5.91. The minimum absolute atomic E-state index is 0.321. The van der Waals surface area contributed by atoms with Crippen LogP contribution in [0.15, 0.2) is 18.2 Å². The van der Waals surface area contributed by atoms with Gasteiger partial charge in [-0.1, -0.05) is 37.0 Å². The summed E-state index contributed by atoms with van der Waals surface area (Å²) in [5.41, 5.74) is 10.9. The lowest BCUT2D eigenvalue weighted by Crippen LogP contribution is -2.11. The van der Waals surface area contributed by atoms with Crippen molar-refractivity contribution in [3.63, 3.8) is 0 Å². The number of halogens is 2. The van der Waals surface area contributed by atoms with Gasteiger partial charge in [-0.3, -0.25) is 15.5 Å². The lowest BCUT2D eigenvalue weighted by atomic mass is 10.0. The number of pyridine rings is 2. The summed E-state index contributed by atoms with van der Waals surface area (Å²) in [5, 5.41) is 5.12. The van der Waals surface area contributed by atoms with Crippen LogP contribution in [0.3, 0.4) is 0 Å². The third kappa shape index (κ3) is 3.25. The van der Waals surface area contributed by atoms with E-state index in [2.05, 4.69) is 39.8 Å². The largest absolute Gasteiger partial charge is 0.299 e. The fourth-order valence-electron chi connectivity index (χ4n) is 2.65. The Labute approximate surface area is 150 Å². The molecular formula is C16H18Cl2N6. The molecule has 0 aliphatic heterocycles. The van der Waals surface area contributed by atoms with E-state index in [1.54, 1.807) is 12.1 Å². The van der Waals surface area contributed by atoms with E-state index in [-0.39, 0.29) is 0 Å². The lowest BCUT2D eigenvalue weighted by molar-refractivity contribution is 0.769. The highest BCUT2D eigenvalue weighted by atomic mass is 35.5. The van der Waals surface area contributed by atoms with Crippen molar-refractivity contribution in [3.8, 4) is 0 Å². The minimum Gasteiger partial charge on any atom is -0.299 e. The van der Waals surface area contributed by atoms with Gasteiger partial charge in [-0.05, 0) is 24.5 Å². The first-order chi connectivity index (χ1) is 11.3. The zero-order valence-corrected chi connectivity index (χ0v) is 15.4. The fraction of sp³-hybridized carbons (Fsp3) is 0.312. The Hall–Kier alpha value is -2.05. The Morgan fingerprint density at radius 1 is 1.04 bits per heavy atom. The number of fused-ring (bicyclic) bond motifs is 1. The van der Waals surface area contributed by atoms with Crippen LogP contribution in [0, 0.1) is 6.92 Å². The van der Waals surface area contributed by atoms with Crippen molar-refractivity contribution >= 4 is 45.7 Å². The SMILES string of the molecule is Cc1nn(C)c2c(C(C)C)cc(NNc3cc(Cl)nc(Cl)c3)nc12. The van der Waals surface area contributed by atoms with Gasteiger partial charge in [0, 0.05) is 19.2 Å². The predicted molar refractivity (Wildman–Crippen MR) is 98.8 cm³/mol. The third-order valence-electron chi connectivity index (χ3n) is 3.71. The molecule has 0 fully saturated rings. The molecule has 0 saturated carbocycles. The number of aromatic nitrogens is 4. The molecule has 8 heteroatoms. The molecule has 2 N–H and O–H groups in total.